The van der Waals surface area contributed by atoms with E-state index >= 15 is 0 Å². The standard InChI is InChI=1S/C14H21ClN4/c1-3-4-5-6-7-10(2)19-13-12(18-14(19)16)8-11(15)9-17-13/h8-10H,3-7H2,1-2H3,(H2,16,18). The van der Waals surface area contributed by atoms with Gasteiger partial charge in [-0.1, -0.05) is 44.2 Å². The molecule has 2 aromatic rings. The van der Waals surface area contributed by atoms with Crippen LogP contribution in [0.3, 0.4) is 0 Å². The maximum atomic E-state index is 6.00. The van der Waals surface area contributed by atoms with E-state index in [4.69, 9.17) is 17.3 Å². The van der Waals surface area contributed by atoms with Crippen LogP contribution in [0.4, 0.5) is 5.95 Å². The zero-order valence-corrected chi connectivity index (χ0v) is 12.3. The van der Waals surface area contributed by atoms with Crippen molar-refractivity contribution >= 4 is 28.7 Å². The number of nitrogen functional groups attached to an aromatic ring is 1. The van der Waals surface area contributed by atoms with Crippen LogP contribution in [0.5, 0.6) is 0 Å². The van der Waals surface area contributed by atoms with E-state index in [0.29, 0.717) is 17.0 Å². The monoisotopic (exact) mass is 280 g/mol. The summed E-state index contributed by atoms with van der Waals surface area (Å²) in [5.74, 6) is 0.521. The Kier molecular flexibility index (Phi) is 4.64. The van der Waals surface area contributed by atoms with Gasteiger partial charge in [0.15, 0.2) is 5.65 Å². The van der Waals surface area contributed by atoms with Gasteiger partial charge in [-0.15, -0.1) is 0 Å². The summed E-state index contributed by atoms with van der Waals surface area (Å²) in [6, 6.07) is 2.12. The minimum Gasteiger partial charge on any atom is -0.369 e. The van der Waals surface area contributed by atoms with Crippen LogP contribution in [0, 0.1) is 0 Å². The Hall–Kier alpha value is -1.29. The molecule has 5 heteroatoms. The van der Waals surface area contributed by atoms with Gasteiger partial charge in [-0.05, 0) is 19.4 Å². The molecule has 0 radical (unpaired) electrons. The van der Waals surface area contributed by atoms with Crippen molar-refractivity contribution in [3.05, 3.63) is 17.3 Å². The van der Waals surface area contributed by atoms with Gasteiger partial charge in [0.05, 0.1) is 5.02 Å². The molecule has 2 heterocycles. The molecule has 104 valence electrons. The smallest absolute Gasteiger partial charge is 0.202 e. The first-order chi connectivity index (χ1) is 9.13. The summed E-state index contributed by atoms with van der Waals surface area (Å²) in [4.78, 5) is 8.69. The van der Waals surface area contributed by atoms with Crippen LogP contribution in [-0.2, 0) is 0 Å². The SMILES string of the molecule is CCCCCCC(C)n1c(N)nc2cc(Cl)cnc21. The average molecular weight is 281 g/mol. The Labute approximate surface area is 119 Å². The lowest BCUT2D eigenvalue weighted by Gasteiger charge is -2.15. The average Bonchev–Trinajstić information content (AvgIpc) is 2.69. The van der Waals surface area contributed by atoms with Crippen LogP contribution in [0.2, 0.25) is 5.02 Å². The van der Waals surface area contributed by atoms with Crippen molar-refractivity contribution in [2.45, 2.75) is 52.0 Å². The number of fused-ring (bicyclic) bond motifs is 1. The van der Waals surface area contributed by atoms with Gasteiger partial charge in [-0.2, -0.15) is 0 Å². The van der Waals surface area contributed by atoms with Gasteiger partial charge >= 0.3 is 0 Å². The minimum atomic E-state index is 0.315. The molecular weight excluding hydrogens is 260 g/mol. The number of nitrogens with zero attached hydrogens (tertiary/aromatic N) is 3. The van der Waals surface area contributed by atoms with Crippen LogP contribution >= 0.6 is 11.6 Å². The highest BCUT2D eigenvalue weighted by Gasteiger charge is 2.15. The lowest BCUT2D eigenvalue weighted by molar-refractivity contribution is 0.484. The van der Waals surface area contributed by atoms with Crippen LogP contribution in [-0.4, -0.2) is 14.5 Å². The number of nitrogens with two attached hydrogens (primary N) is 1. The maximum Gasteiger partial charge on any atom is 0.202 e. The second-order valence-corrected chi connectivity index (χ2v) is 5.47. The topological polar surface area (TPSA) is 56.7 Å². The zero-order valence-electron chi connectivity index (χ0n) is 11.6. The van der Waals surface area contributed by atoms with E-state index in [1.165, 1.54) is 25.7 Å². The molecule has 0 aromatic carbocycles. The third kappa shape index (κ3) is 3.18. The molecule has 2 aromatic heterocycles. The van der Waals surface area contributed by atoms with Crippen molar-refractivity contribution in [1.82, 2.24) is 14.5 Å². The highest BCUT2D eigenvalue weighted by Crippen LogP contribution is 2.26. The summed E-state index contributed by atoms with van der Waals surface area (Å²) in [5.41, 5.74) is 7.60. The molecule has 0 saturated carbocycles. The summed E-state index contributed by atoms with van der Waals surface area (Å²) < 4.78 is 2.01. The number of hydrogen-bond donors (Lipinski definition) is 1. The molecule has 2 rings (SSSR count). The Morgan fingerprint density at radius 1 is 1.37 bits per heavy atom. The number of aromatic nitrogens is 3. The van der Waals surface area contributed by atoms with Gasteiger partial charge in [0.2, 0.25) is 5.95 Å². The highest BCUT2D eigenvalue weighted by molar-refractivity contribution is 6.31. The molecule has 0 aliphatic carbocycles. The molecule has 2 N–H and O–H groups in total. The fraction of sp³-hybridized carbons (Fsp3) is 0.571. The number of rotatable bonds is 6. The number of pyridine rings is 1. The Balaban J connectivity index is 2.16. The van der Waals surface area contributed by atoms with Crippen LogP contribution in [0.15, 0.2) is 12.3 Å². The third-order valence-corrected chi connectivity index (χ3v) is 3.65. The van der Waals surface area contributed by atoms with E-state index in [-0.39, 0.29) is 0 Å². The maximum absolute atomic E-state index is 6.00. The predicted molar refractivity (Wildman–Crippen MR) is 80.4 cm³/mol. The minimum absolute atomic E-state index is 0.315. The first kappa shape index (κ1) is 14.1. The molecule has 1 atom stereocenters. The van der Waals surface area contributed by atoms with Crippen molar-refractivity contribution in [2.24, 2.45) is 0 Å². The normalized spacial score (nSPS) is 13.0. The van der Waals surface area contributed by atoms with Crippen LogP contribution < -0.4 is 5.73 Å². The molecule has 0 bridgehead atoms. The number of halogens is 1. The number of imidazole rings is 1. The summed E-state index contributed by atoms with van der Waals surface area (Å²) in [7, 11) is 0. The Bertz CT molecular complexity index is 550. The molecule has 19 heavy (non-hydrogen) atoms. The van der Waals surface area contributed by atoms with Crippen molar-refractivity contribution in [3.8, 4) is 0 Å². The van der Waals surface area contributed by atoms with Gasteiger partial charge in [0, 0.05) is 12.2 Å². The molecule has 0 spiro atoms. The number of unbranched alkanes of at least 4 members (excludes halogenated alkanes) is 3. The van der Waals surface area contributed by atoms with Gasteiger partial charge in [0.1, 0.15) is 5.52 Å². The lowest BCUT2D eigenvalue weighted by Crippen LogP contribution is -2.09. The molecule has 0 aliphatic rings. The molecule has 0 amide bonds. The first-order valence-corrected chi connectivity index (χ1v) is 7.30. The predicted octanol–water partition coefficient (Wildman–Crippen LogP) is 4.20. The van der Waals surface area contributed by atoms with Gasteiger partial charge in [-0.3, -0.25) is 4.57 Å². The zero-order chi connectivity index (χ0) is 13.8. The summed E-state index contributed by atoms with van der Waals surface area (Å²) in [6.07, 6.45) is 7.77. The third-order valence-electron chi connectivity index (χ3n) is 3.44. The van der Waals surface area contributed by atoms with Gasteiger partial charge < -0.3 is 5.73 Å². The molecule has 0 saturated heterocycles. The fourth-order valence-electron chi connectivity index (χ4n) is 2.41. The lowest BCUT2D eigenvalue weighted by atomic mass is 10.1. The van der Waals surface area contributed by atoms with Crippen LogP contribution in [0.25, 0.3) is 11.2 Å². The van der Waals surface area contributed by atoms with Gasteiger partial charge in [-0.25, -0.2) is 9.97 Å². The fourth-order valence-corrected chi connectivity index (χ4v) is 2.56. The Morgan fingerprint density at radius 3 is 2.89 bits per heavy atom. The van der Waals surface area contributed by atoms with Crippen LogP contribution in [0.1, 0.15) is 52.0 Å². The second-order valence-electron chi connectivity index (χ2n) is 5.03. The molecule has 0 aliphatic heterocycles. The largest absolute Gasteiger partial charge is 0.369 e. The second kappa shape index (κ2) is 6.24. The molecule has 1 unspecified atom stereocenters. The van der Waals surface area contributed by atoms with Crippen molar-refractivity contribution in [3.63, 3.8) is 0 Å². The van der Waals surface area contributed by atoms with Gasteiger partial charge in [0.25, 0.3) is 0 Å². The van der Waals surface area contributed by atoms with E-state index in [0.717, 1.165) is 17.6 Å². The molecule has 0 fully saturated rings. The van der Waals surface area contributed by atoms with E-state index in [2.05, 4.69) is 23.8 Å². The Morgan fingerprint density at radius 2 is 2.16 bits per heavy atom. The number of anilines is 1. The summed E-state index contributed by atoms with van der Waals surface area (Å²) >= 11 is 5.93. The first-order valence-electron chi connectivity index (χ1n) is 6.92. The number of hydrogen-bond acceptors (Lipinski definition) is 3. The summed E-state index contributed by atoms with van der Waals surface area (Å²) in [6.45, 7) is 4.39. The van der Waals surface area contributed by atoms with Crippen molar-refractivity contribution in [1.29, 1.82) is 0 Å². The van der Waals surface area contributed by atoms with Crippen molar-refractivity contribution in [2.75, 3.05) is 5.73 Å². The molecular formula is C14H21ClN4. The van der Waals surface area contributed by atoms with E-state index in [1.807, 2.05) is 4.57 Å². The summed E-state index contributed by atoms with van der Waals surface area (Å²) in [5, 5.41) is 0.591. The van der Waals surface area contributed by atoms with E-state index < -0.39 is 0 Å². The highest BCUT2D eigenvalue weighted by atomic mass is 35.5. The quantitative estimate of drug-likeness (QED) is 0.807. The molecule has 4 nitrogen and oxygen atoms in total. The van der Waals surface area contributed by atoms with Crippen molar-refractivity contribution < 1.29 is 0 Å². The van der Waals surface area contributed by atoms with E-state index in [9.17, 15) is 0 Å². The van der Waals surface area contributed by atoms with E-state index in [1.54, 1.807) is 12.3 Å².